The third-order valence-electron chi connectivity index (χ3n) is 2.70. The highest BCUT2D eigenvalue weighted by Gasteiger charge is 2.23. The second-order valence-electron chi connectivity index (χ2n) is 4.52. The summed E-state index contributed by atoms with van der Waals surface area (Å²) in [7, 11) is -2.53. The first kappa shape index (κ1) is 17.0. The number of benzene rings is 1. The molecule has 0 heterocycles. The van der Waals surface area contributed by atoms with E-state index in [-0.39, 0.29) is 5.56 Å². The van der Waals surface area contributed by atoms with Crippen LogP contribution in [-0.4, -0.2) is 32.2 Å². The quantitative estimate of drug-likeness (QED) is 0.446. The summed E-state index contributed by atoms with van der Waals surface area (Å²) in [6.07, 6.45) is 0. The fourth-order valence-corrected chi connectivity index (χ4v) is 3.45. The molecule has 0 spiro atoms. The minimum absolute atomic E-state index is 0.0789. The van der Waals surface area contributed by atoms with Crippen molar-refractivity contribution in [3.63, 3.8) is 0 Å². The number of methoxy groups -OCH3 is 1. The number of nitrogens with zero attached hydrogens (tertiary/aromatic N) is 1. The molecule has 0 aliphatic rings. The van der Waals surface area contributed by atoms with E-state index >= 15 is 0 Å². The molecular formula is C12H14FNO6S. The zero-order valence-corrected chi connectivity index (χ0v) is 12.2. The van der Waals surface area contributed by atoms with Crippen LogP contribution in [0.3, 0.4) is 0 Å². The van der Waals surface area contributed by atoms with Crippen LogP contribution in [0.2, 0.25) is 0 Å². The van der Waals surface area contributed by atoms with Crippen LogP contribution in [0.15, 0.2) is 18.2 Å². The Kier molecular flexibility index (Phi) is 5.36. The topological polar surface area (TPSA) is 104 Å². The van der Waals surface area contributed by atoms with Crippen LogP contribution >= 0.6 is 0 Å². The summed E-state index contributed by atoms with van der Waals surface area (Å²) in [4.78, 5) is 20.8. The van der Waals surface area contributed by atoms with Crippen LogP contribution in [0, 0.1) is 21.8 Å². The number of sulfone groups is 1. The lowest BCUT2D eigenvalue weighted by atomic mass is 10.2. The van der Waals surface area contributed by atoms with Crippen molar-refractivity contribution in [1.29, 1.82) is 0 Å². The van der Waals surface area contributed by atoms with Crippen molar-refractivity contribution in [3.8, 4) is 0 Å². The molecule has 0 aliphatic heterocycles. The van der Waals surface area contributed by atoms with Gasteiger partial charge in [-0.05, 0) is 11.6 Å². The van der Waals surface area contributed by atoms with Crippen LogP contribution in [-0.2, 0) is 25.1 Å². The molecule has 0 saturated carbocycles. The van der Waals surface area contributed by atoms with Gasteiger partial charge in [0.05, 0.1) is 29.5 Å². The van der Waals surface area contributed by atoms with Crippen molar-refractivity contribution in [3.05, 3.63) is 39.7 Å². The number of hydrogen-bond acceptors (Lipinski definition) is 6. The Morgan fingerprint density at radius 1 is 1.48 bits per heavy atom. The van der Waals surface area contributed by atoms with E-state index in [2.05, 4.69) is 4.74 Å². The van der Waals surface area contributed by atoms with Crippen molar-refractivity contribution in [2.45, 2.75) is 12.7 Å². The molecular weight excluding hydrogens is 305 g/mol. The molecule has 0 bridgehead atoms. The maximum absolute atomic E-state index is 13.4. The van der Waals surface area contributed by atoms with E-state index in [1.54, 1.807) is 0 Å². The highest BCUT2D eigenvalue weighted by Crippen LogP contribution is 2.20. The standard InChI is InChI=1S/C12H14FNO6S/c1-8(12(15)20-2)6-21(18,19)7-9-3-4-11(14(16)17)10(13)5-9/h3-5,8H,6-7H2,1-2H3. The van der Waals surface area contributed by atoms with E-state index in [1.165, 1.54) is 13.0 Å². The summed E-state index contributed by atoms with van der Waals surface area (Å²) in [5, 5.41) is 10.5. The van der Waals surface area contributed by atoms with Gasteiger partial charge in [0.15, 0.2) is 9.84 Å². The predicted octanol–water partition coefficient (Wildman–Crippen LogP) is 1.46. The van der Waals surface area contributed by atoms with Gasteiger partial charge < -0.3 is 4.74 Å². The average Bonchev–Trinajstić information content (AvgIpc) is 2.36. The Balaban J connectivity index is 2.87. The number of carbonyl (C=O) groups is 1. The predicted molar refractivity (Wildman–Crippen MR) is 71.7 cm³/mol. The molecule has 0 N–H and O–H groups in total. The largest absolute Gasteiger partial charge is 0.469 e. The van der Waals surface area contributed by atoms with Gasteiger partial charge in [-0.1, -0.05) is 13.0 Å². The van der Waals surface area contributed by atoms with E-state index in [9.17, 15) is 27.7 Å². The summed E-state index contributed by atoms with van der Waals surface area (Å²) in [6, 6.07) is 2.88. The third kappa shape index (κ3) is 4.78. The maximum atomic E-state index is 13.4. The lowest BCUT2D eigenvalue weighted by Crippen LogP contribution is -2.23. The van der Waals surface area contributed by atoms with Crippen molar-refractivity contribution in [2.24, 2.45) is 5.92 Å². The first-order valence-electron chi connectivity index (χ1n) is 5.87. The zero-order chi connectivity index (χ0) is 16.2. The molecule has 1 unspecified atom stereocenters. The van der Waals surface area contributed by atoms with E-state index < -0.39 is 49.7 Å². The second kappa shape index (κ2) is 6.61. The maximum Gasteiger partial charge on any atom is 0.309 e. The van der Waals surface area contributed by atoms with Gasteiger partial charge in [-0.15, -0.1) is 0 Å². The molecule has 0 radical (unpaired) electrons. The van der Waals surface area contributed by atoms with Gasteiger partial charge >= 0.3 is 11.7 Å². The average molecular weight is 319 g/mol. The number of hydrogen-bond donors (Lipinski definition) is 0. The number of nitro groups is 1. The molecule has 1 rings (SSSR count). The van der Waals surface area contributed by atoms with Crippen LogP contribution in [0.25, 0.3) is 0 Å². The van der Waals surface area contributed by atoms with Crippen molar-refractivity contribution >= 4 is 21.5 Å². The minimum Gasteiger partial charge on any atom is -0.469 e. The van der Waals surface area contributed by atoms with Gasteiger partial charge in [0.25, 0.3) is 0 Å². The summed E-state index contributed by atoms with van der Waals surface area (Å²) in [5.74, 6) is -3.56. The molecule has 0 aromatic heterocycles. The third-order valence-corrected chi connectivity index (χ3v) is 4.48. The first-order chi connectivity index (χ1) is 9.66. The van der Waals surface area contributed by atoms with Gasteiger partial charge in [-0.3, -0.25) is 14.9 Å². The Morgan fingerprint density at radius 2 is 2.10 bits per heavy atom. The zero-order valence-electron chi connectivity index (χ0n) is 11.4. The molecule has 0 saturated heterocycles. The summed E-state index contributed by atoms with van der Waals surface area (Å²) in [5.41, 5.74) is -0.644. The van der Waals surface area contributed by atoms with Gasteiger partial charge in [0.1, 0.15) is 0 Å². The number of halogens is 1. The minimum atomic E-state index is -3.68. The Hall–Kier alpha value is -2.03. The van der Waals surface area contributed by atoms with E-state index in [0.29, 0.717) is 0 Å². The molecule has 0 aliphatic carbocycles. The van der Waals surface area contributed by atoms with Crippen molar-refractivity contribution in [1.82, 2.24) is 0 Å². The lowest BCUT2D eigenvalue weighted by molar-refractivity contribution is -0.387. The van der Waals surface area contributed by atoms with Gasteiger partial charge in [-0.25, -0.2) is 8.42 Å². The van der Waals surface area contributed by atoms with E-state index in [0.717, 1.165) is 19.2 Å². The highest BCUT2D eigenvalue weighted by atomic mass is 32.2. The van der Waals surface area contributed by atoms with E-state index in [1.807, 2.05) is 0 Å². The Bertz CT molecular complexity index is 658. The van der Waals surface area contributed by atoms with Crippen molar-refractivity contribution < 1.29 is 27.3 Å². The monoisotopic (exact) mass is 319 g/mol. The molecule has 0 fully saturated rings. The number of rotatable bonds is 6. The van der Waals surface area contributed by atoms with Gasteiger partial charge in [0, 0.05) is 6.07 Å². The van der Waals surface area contributed by atoms with Crippen molar-refractivity contribution in [2.75, 3.05) is 12.9 Å². The molecule has 1 atom stereocenters. The molecule has 9 heteroatoms. The molecule has 7 nitrogen and oxygen atoms in total. The normalized spacial score (nSPS) is 12.7. The SMILES string of the molecule is COC(=O)C(C)CS(=O)(=O)Cc1ccc([N+](=O)[O-])c(F)c1. The molecule has 116 valence electrons. The number of carbonyl (C=O) groups excluding carboxylic acids is 1. The van der Waals surface area contributed by atoms with Gasteiger partial charge in [0.2, 0.25) is 5.82 Å². The molecule has 1 aromatic rings. The second-order valence-corrected chi connectivity index (χ2v) is 6.63. The molecule has 21 heavy (non-hydrogen) atoms. The van der Waals surface area contributed by atoms with Crippen LogP contribution in [0.4, 0.5) is 10.1 Å². The lowest BCUT2D eigenvalue weighted by Gasteiger charge is -2.10. The fraction of sp³-hybridized carbons (Fsp3) is 0.417. The smallest absolute Gasteiger partial charge is 0.309 e. The number of nitro benzene ring substituents is 1. The van der Waals surface area contributed by atoms with Crippen LogP contribution < -0.4 is 0 Å². The number of esters is 1. The summed E-state index contributed by atoms with van der Waals surface area (Å²) in [6.45, 7) is 1.40. The van der Waals surface area contributed by atoms with E-state index in [4.69, 9.17) is 0 Å². The first-order valence-corrected chi connectivity index (χ1v) is 7.69. The highest BCUT2D eigenvalue weighted by molar-refractivity contribution is 7.90. The number of ether oxygens (including phenoxy) is 1. The van der Waals surface area contributed by atoms with Crippen LogP contribution in [0.5, 0.6) is 0 Å². The Morgan fingerprint density at radius 3 is 2.57 bits per heavy atom. The fourth-order valence-electron chi connectivity index (χ4n) is 1.75. The van der Waals surface area contributed by atoms with Crippen LogP contribution in [0.1, 0.15) is 12.5 Å². The summed E-state index contributed by atoms with van der Waals surface area (Å²) < 4.78 is 41.6. The summed E-state index contributed by atoms with van der Waals surface area (Å²) >= 11 is 0. The molecule has 0 amide bonds. The molecule has 1 aromatic carbocycles. The Labute approximate surface area is 120 Å². The van der Waals surface area contributed by atoms with Gasteiger partial charge in [-0.2, -0.15) is 4.39 Å².